The monoisotopic (exact) mass is 303 g/mol. The molecule has 6 heteroatoms. The largest absolute Gasteiger partial charge is 0.460 e. The maximum Gasteiger partial charge on any atom is 0.374 e. The Balaban J connectivity index is 1.87. The molecule has 5 nitrogen and oxygen atoms in total. The van der Waals surface area contributed by atoms with Crippen molar-refractivity contribution in [2.45, 2.75) is 13.5 Å². The van der Waals surface area contributed by atoms with Gasteiger partial charge in [0.15, 0.2) is 0 Å². The van der Waals surface area contributed by atoms with Crippen LogP contribution in [-0.2, 0) is 11.3 Å². The number of aromatic nitrogens is 1. The SMILES string of the molecule is CCOC(=O)c1ccc(Cn2ccc3sccc3c2=O)o1. The van der Waals surface area contributed by atoms with Crippen molar-refractivity contribution in [2.24, 2.45) is 0 Å². The molecule has 3 aromatic rings. The highest BCUT2D eigenvalue weighted by Crippen LogP contribution is 2.17. The number of pyridine rings is 1. The predicted octanol–water partition coefficient (Wildman–Crippen LogP) is 2.88. The maximum atomic E-state index is 12.3. The Kier molecular flexibility index (Phi) is 3.62. The summed E-state index contributed by atoms with van der Waals surface area (Å²) in [5, 5.41) is 2.59. The molecule has 0 aromatic carbocycles. The summed E-state index contributed by atoms with van der Waals surface area (Å²) in [5.74, 6) is 0.190. The molecule has 0 atom stereocenters. The second-order valence-electron chi connectivity index (χ2n) is 4.43. The average Bonchev–Trinajstić information content (AvgIpc) is 3.11. The highest BCUT2D eigenvalue weighted by atomic mass is 32.1. The smallest absolute Gasteiger partial charge is 0.374 e. The number of fused-ring (bicyclic) bond motifs is 1. The molecule has 0 radical (unpaired) electrons. The van der Waals surface area contributed by atoms with Crippen molar-refractivity contribution >= 4 is 27.4 Å². The fourth-order valence-electron chi connectivity index (χ4n) is 2.07. The van der Waals surface area contributed by atoms with Crippen molar-refractivity contribution in [1.29, 1.82) is 0 Å². The van der Waals surface area contributed by atoms with Crippen LogP contribution in [0, 0.1) is 0 Å². The highest BCUT2D eigenvalue weighted by Gasteiger charge is 2.13. The summed E-state index contributed by atoms with van der Waals surface area (Å²) >= 11 is 1.53. The van der Waals surface area contributed by atoms with Gasteiger partial charge in [0.2, 0.25) is 5.76 Å². The zero-order valence-corrected chi connectivity index (χ0v) is 12.2. The molecule has 0 saturated carbocycles. The Morgan fingerprint density at radius 3 is 3.00 bits per heavy atom. The Morgan fingerprint density at radius 2 is 2.19 bits per heavy atom. The minimum absolute atomic E-state index is 0.0668. The van der Waals surface area contributed by atoms with Gasteiger partial charge in [-0.05, 0) is 36.6 Å². The van der Waals surface area contributed by atoms with Gasteiger partial charge in [-0.25, -0.2) is 4.79 Å². The molecule has 0 unspecified atom stereocenters. The van der Waals surface area contributed by atoms with Crippen LogP contribution in [-0.4, -0.2) is 17.1 Å². The second kappa shape index (κ2) is 5.57. The zero-order chi connectivity index (χ0) is 14.8. The molecular formula is C15H13NO4S. The lowest BCUT2D eigenvalue weighted by atomic mass is 10.3. The Labute approximate surface area is 124 Å². The number of nitrogens with zero attached hydrogens (tertiary/aromatic N) is 1. The van der Waals surface area contributed by atoms with Crippen molar-refractivity contribution in [3.05, 3.63) is 57.7 Å². The van der Waals surface area contributed by atoms with E-state index >= 15 is 0 Å². The fourth-order valence-corrected chi connectivity index (χ4v) is 2.85. The van der Waals surface area contributed by atoms with Crippen molar-refractivity contribution in [3.63, 3.8) is 0 Å². The lowest BCUT2D eigenvalue weighted by Crippen LogP contribution is -2.19. The van der Waals surface area contributed by atoms with E-state index in [1.807, 2.05) is 17.5 Å². The van der Waals surface area contributed by atoms with Crippen LogP contribution >= 0.6 is 11.3 Å². The first-order valence-electron chi connectivity index (χ1n) is 6.51. The number of esters is 1. The molecule has 3 heterocycles. The van der Waals surface area contributed by atoms with E-state index in [-0.39, 0.29) is 17.9 Å². The van der Waals surface area contributed by atoms with Crippen LogP contribution in [0.15, 0.2) is 45.1 Å². The van der Waals surface area contributed by atoms with E-state index in [9.17, 15) is 9.59 Å². The van der Waals surface area contributed by atoms with Gasteiger partial charge < -0.3 is 13.7 Å². The van der Waals surface area contributed by atoms with Gasteiger partial charge in [0, 0.05) is 10.9 Å². The molecule has 0 bridgehead atoms. The number of carbonyl (C=O) groups excluding carboxylic acids is 1. The highest BCUT2D eigenvalue weighted by molar-refractivity contribution is 7.17. The minimum atomic E-state index is -0.496. The summed E-state index contributed by atoms with van der Waals surface area (Å²) in [4.78, 5) is 23.8. The van der Waals surface area contributed by atoms with Gasteiger partial charge in [-0.2, -0.15) is 0 Å². The van der Waals surface area contributed by atoms with E-state index in [0.29, 0.717) is 17.8 Å². The summed E-state index contributed by atoms with van der Waals surface area (Å²) in [6, 6.07) is 6.94. The first-order chi connectivity index (χ1) is 10.2. The van der Waals surface area contributed by atoms with Crippen molar-refractivity contribution in [1.82, 2.24) is 4.57 Å². The molecule has 21 heavy (non-hydrogen) atoms. The quantitative estimate of drug-likeness (QED) is 0.695. The van der Waals surface area contributed by atoms with Gasteiger partial charge in [0.05, 0.1) is 18.5 Å². The summed E-state index contributed by atoms with van der Waals surface area (Å²) in [5.41, 5.74) is -0.0668. The topological polar surface area (TPSA) is 61.4 Å². The first kappa shape index (κ1) is 13.6. The minimum Gasteiger partial charge on any atom is -0.460 e. The molecule has 0 aliphatic rings. The van der Waals surface area contributed by atoms with Crippen LogP contribution in [0.4, 0.5) is 0 Å². The van der Waals surface area contributed by atoms with Crippen molar-refractivity contribution < 1.29 is 13.9 Å². The lowest BCUT2D eigenvalue weighted by Gasteiger charge is -2.03. The van der Waals surface area contributed by atoms with Gasteiger partial charge in [0.25, 0.3) is 5.56 Å². The Hall–Kier alpha value is -2.34. The van der Waals surface area contributed by atoms with Crippen LogP contribution in [0.3, 0.4) is 0 Å². The second-order valence-corrected chi connectivity index (χ2v) is 5.38. The number of hydrogen-bond donors (Lipinski definition) is 0. The molecule has 0 N–H and O–H groups in total. The Bertz CT molecular complexity index is 843. The van der Waals surface area contributed by atoms with Crippen LogP contribution in [0.5, 0.6) is 0 Å². The van der Waals surface area contributed by atoms with E-state index in [4.69, 9.17) is 9.15 Å². The molecule has 108 valence electrons. The van der Waals surface area contributed by atoms with E-state index in [1.165, 1.54) is 11.3 Å². The van der Waals surface area contributed by atoms with Crippen molar-refractivity contribution in [3.8, 4) is 0 Å². The van der Waals surface area contributed by atoms with Gasteiger partial charge in [0.1, 0.15) is 5.76 Å². The molecule has 0 amide bonds. The number of ether oxygens (including phenoxy) is 1. The summed E-state index contributed by atoms with van der Waals surface area (Å²) in [7, 11) is 0. The normalized spacial score (nSPS) is 10.9. The summed E-state index contributed by atoms with van der Waals surface area (Å²) in [6.45, 7) is 2.31. The molecule has 3 rings (SSSR count). The fraction of sp³-hybridized carbons (Fsp3) is 0.200. The third-order valence-corrected chi connectivity index (χ3v) is 3.94. The zero-order valence-electron chi connectivity index (χ0n) is 11.4. The van der Waals surface area contributed by atoms with Crippen LogP contribution < -0.4 is 5.56 Å². The summed E-state index contributed by atoms with van der Waals surface area (Å²) < 4.78 is 12.8. The van der Waals surface area contributed by atoms with Gasteiger partial charge >= 0.3 is 5.97 Å². The third kappa shape index (κ3) is 2.62. The number of furan rings is 1. The standard InChI is InChI=1S/C15H13NO4S/c1-2-19-15(18)12-4-3-10(20-12)9-16-7-5-13-11(14(16)17)6-8-21-13/h3-8H,2,9H2,1H3. The van der Waals surface area contributed by atoms with Gasteiger partial charge in [-0.1, -0.05) is 0 Å². The molecule has 0 saturated heterocycles. The molecule has 0 aliphatic heterocycles. The number of hydrogen-bond acceptors (Lipinski definition) is 5. The number of carbonyl (C=O) groups is 1. The predicted molar refractivity (Wildman–Crippen MR) is 79.9 cm³/mol. The molecule has 0 fully saturated rings. The van der Waals surface area contributed by atoms with E-state index in [1.54, 1.807) is 29.8 Å². The average molecular weight is 303 g/mol. The van der Waals surface area contributed by atoms with Gasteiger partial charge in [-0.3, -0.25) is 4.79 Å². The number of thiophene rings is 1. The summed E-state index contributed by atoms with van der Waals surface area (Å²) in [6.07, 6.45) is 1.73. The van der Waals surface area contributed by atoms with Crippen LogP contribution in [0.25, 0.3) is 10.1 Å². The molecule has 3 aromatic heterocycles. The maximum absolute atomic E-state index is 12.3. The van der Waals surface area contributed by atoms with Crippen LogP contribution in [0.1, 0.15) is 23.2 Å². The first-order valence-corrected chi connectivity index (χ1v) is 7.39. The van der Waals surface area contributed by atoms with E-state index < -0.39 is 5.97 Å². The molecule has 0 spiro atoms. The Morgan fingerprint density at radius 1 is 1.33 bits per heavy atom. The lowest BCUT2D eigenvalue weighted by molar-refractivity contribution is 0.0488. The van der Waals surface area contributed by atoms with Crippen LogP contribution in [0.2, 0.25) is 0 Å². The van der Waals surface area contributed by atoms with E-state index in [2.05, 4.69) is 0 Å². The third-order valence-electron chi connectivity index (χ3n) is 3.06. The van der Waals surface area contributed by atoms with Gasteiger partial charge in [-0.15, -0.1) is 11.3 Å². The van der Waals surface area contributed by atoms with Crippen molar-refractivity contribution in [2.75, 3.05) is 6.61 Å². The van der Waals surface area contributed by atoms with E-state index in [0.717, 1.165) is 4.70 Å². The number of rotatable bonds is 4. The molecule has 0 aliphatic carbocycles. The molecular weight excluding hydrogens is 290 g/mol.